The maximum atomic E-state index is 5.93. The maximum Gasteiger partial charge on any atom is 0.143 e. The number of benzene rings is 2. The molecule has 6 heteroatoms. The SMILES string of the molecule is Cc1nc(NCc2ccc(Cl)cc2)cc(Nc2ccccc2OC(C)C)n1. The number of rotatable bonds is 7. The van der Waals surface area contributed by atoms with Crippen LogP contribution in [-0.2, 0) is 6.54 Å². The van der Waals surface area contributed by atoms with Crippen molar-refractivity contribution in [3.63, 3.8) is 0 Å². The van der Waals surface area contributed by atoms with Crippen molar-refractivity contribution in [3.8, 4) is 5.75 Å². The standard InChI is InChI=1S/C21H23ClN4O/c1-14(2)27-19-7-5-4-6-18(19)26-21-12-20(24-15(3)25-21)23-13-16-8-10-17(22)11-9-16/h4-12,14H,13H2,1-3H3,(H2,23,24,25,26). The minimum Gasteiger partial charge on any atom is -0.489 e. The van der Waals surface area contributed by atoms with E-state index in [1.165, 1.54) is 0 Å². The third kappa shape index (κ3) is 5.59. The number of aromatic nitrogens is 2. The van der Waals surface area contributed by atoms with Crippen LogP contribution in [0.3, 0.4) is 0 Å². The summed E-state index contributed by atoms with van der Waals surface area (Å²) in [7, 11) is 0. The molecule has 3 aromatic rings. The van der Waals surface area contributed by atoms with Gasteiger partial charge in [-0.3, -0.25) is 0 Å². The first kappa shape index (κ1) is 19.0. The molecule has 0 bridgehead atoms. The number of aryl methyl sites for hydroxylation is 1. The van der Waals surface area contributed by atoms with Crippen molar-refractivity contribution in [1.29, 1.82) is 0 Å². The molecule has 140 valence electrons. The van der Waals surface area contributed by atoms with Crippen LogP contribution in [0.5, 0.6) is 5.75 Å². The molecule has 0 saturated heterocycles. The van der Waals surface area contributed by atoms with E-state index < -0.39 is 0 Å². The lowest BCUT2D eigenvalue weighted by molar-refractivity contribution is 0.244. The molecule has 3 rings (SSSR count). The Hall–Kier alpha value is -2.79. The number of nitrogens with one attached hydrogen (secondary N) is 2. The minimum absolute atomic E-state index is 0.0942. The summed E-state index contributed by atoms with van der Waals surface area (Å²) < 4.78 is 5.86. The summed E-state index contributed by atoms with van der Waals surface area (Å²) in [5.74, 6) is 2.93. The van der Waals surface area contributed by atoms with Crippen LogP contribution in [0.1, 0.15) is 25.2 Å². The Morgan fingerprint density at radius 1 is 1.00 bits per heavy atom. The van der Waals surface area contributed by atoms with Crippen LogP contribution in [-0.4, -0.2) is 16.1 Å². The second kappa shape index (κ2) is 8.73. The van der Waals surface area contributed by atoms with Crippen molar-refractivity contribution in [1.82, 2.24) is 9.97 Å². The highest BCUT2D eigenvalue weighted by molar-refractivity contribution is 6.30. The smallest absolute Gasteiger partial charge is 0.143 e. The van der Waals surface area contributed by atoms with Crippen LogP contribution in [0, 0.1) is 6.92 Å². The van der Waals surface area contributed by atoms with Crippen LogP contribution >= 0.6 is 11.6 Å². The van der Waals surface area contributed by atoms with E-state index in [0.29, 0.717) is 18.2 Å². The maximum absolute atomic E-state index is 5.93. The normalized spacial score (nSPS) is 10.7. The fourth-order valence-electron chi connectivity index (χ4n) is 2.58. The fraction of sp³-hybridized carbons (Fsp3) is 0.238. The van der Waals surface area contributed by atoms with Crippen LogP contribution < -0.4 is 15.4 Å². The summed E-state index contributed by atoms with van der Waals surface area (Å²) in [6.07, 6.45) is 0.0942. The van der Waals surface area contributed by atoms with E-state index in [1.807, 2.05) is 75.4 Å². The molecule has 0 saturated carbocycles. The highest BCUT2D eigenvalue weighted by atomic mass is 35.5. The lowest BCUT2D eigenvalue weighted by Gasteiger charge is -2.16. The van der Waals surface area contributed by atoms with Crippen LogP contribution in [0.2, 0.25) is 5.02 Å². The Bertz CT molecular complexity index is 897. The molecule has 1 heterocycles. The summed E-state index contributed by atoms with van der Waals surface area (Å²) in [6.45, 7) is 6.53. The quantitative estimate of drug-likeness (QED) is 0.558. The Morgan fingerprint density at radius 2 is 1.70 bits per heavy atom. The first-order valence-corrected chi connectivity index (χ1v) is 9.24. The first-order valence-electron chi connectivity index (χ1n) is 8.86. The summed E-state index contributed by atoms with van der Waals surface area (Å²) in [4.78, 5) is 8.94. The molecule has 1 aromatic heterocycles. The van der Waals surface area contributed by atoms with Gasteiger partial charge in [0.05, 0.1) is 11.8 Å². The Labute approximate surface area is 164 Å². The molecule has 2 N–H and O–H groups in total. The molecule has 0 atom stereocenters. The number of ether oxygens (including phenoxy) is 1. The number of nitrogens with zero attached hydrogens (tertiary/aromatic N) is 2. The van der Waals surface area contributed by atoms with Crippen molar-refractivity contribution >= 4 is 28.9 Å². The highest BCUT2D eigenvalue weighted by Crippen LogP contribution is 2.28. The molecule has 27 heavy (non-hydrogen) atoms. The number of para-hydroxylation sites is 2. The van der Waals surface area contributed by atoms with Crippen molar-refractivity contribution in [2.24, 2.45) is 0 Å². The molecule has 0 aliphatic carbocycles. The molecule has 0 unspecified atom stereocenters. The van der Waals surface area contributed by atoms with E-state index >= 15 is 0 Å². The van der Waals surface area contributed by atoms with Crippen molar-refractivity contribution < 1.29 is 4.74 Å². The average Bonchev–Trinajstić information content (AvgIpc) is 2.62. The number of anilines is 3. The molecule has 0 radical (unpaired) electrons. The molecular weight excluding hydrogens is 360 g/mol. The monoisotopic (exact) mass is 382 g/mol. The van der Waals surface area contributed by atoms with E-state index in [9.17, 15) is 0 Å². The van der Waals surface area contributed by atoms with Gasteiger partial charge in [-0.15, -0.1) is 0 Å². The summed E-state index contributed by atoms with van der Waals surface area (Å²) in [5, 5.41) is 7.39. The third-order valence-corrected chi connectivity index (χ3v) is 3.99. The largest absolute Gasteiger partial charge is 0.489 e. The van der Waals surface area contributed by atoms with E-state index in [4.69, 9.17) is 16.3 Å². The fourth-order valence-corrected chi connectivity index (χ4v) is 2.71. The van der Waals surface area contributed by atoms with Gasteiger partial charge in [0.1, 0.15) is 23.2 Å². The molecule has 0 fully saturated rings. The summed E-state index contributed by atoms with van der Waals surface area (Å²) >= 11 is 5.93. The first-order chi connectivity index (χ1) is 13.0. The average molecular weight is 383 g/mol. The lowest BCUT2D eigenvalue weighted by Crippen LogP contribution is -2.08. The predicted octanol–water partition coefficient (Wildman–Crippen LogP) is 5.58. The zero-order valence-corrected chi connectivity index (χ0v) is 16.4. The van der Waals surface area contributed by atoms with E-state index in [0.717, 1.165) is 27.8 Å². The summed E-state index contributed by atoms with van der Waals surface area (Å²) in [6, 6.07) is 17.4. The van der Waals surface area contributed by atoms with E-state index in [-0.39, 0.29) is 6.10 Å². The van der Waals surface area contributed by atoms with Gasteiger partial charge in [0, 0.05) is 17.6 Å². The molecule has 0 aliphatic rings. The Balaban J connectivity index is 1.74. The molecule has 0 amide bonds. The lowest BCUT2D eigenvalue weighted by atomic mass is 10.2. The van der Waals surface area contributed by atoms with E-state index in [1.54, 1.807) is 0 Å². The number of hydrogen-bond donors (Lipinski definition) is 2. The molecule has 0 spiro atoms. The van der Waals surface area contributed by atoms with Crippen molar-refractivity contribution in [2.45, 2.75) is 33.4 Å². The van der Waals surface area contributed by atoms with Gasteiger partial charge in [0.15, 0.2) is 0 Å². The molecule has 2 aromatic carbocycles. The predicted molar refractivity (Wildman–Crippen MR) is 111 cm³/mol. The number of hydrogen-bond acceptors (Lipinski definition) is 5. The van der Waals surface area contributed by atoms with Crippen molar-refractivity contribution in [3.05, 3.63) is 71.0 Å². The molecule has 5 nitrogen and oxygen atoms in total. The van der Waals surface area contributed by atoms with Gasteiger partial charge >= 0.3 is 0 Å². The third-order valence-electron chi connectivity index (χ3n) is 3.74. The van der Waals surface area contributed by atoms with E-state index in [2.05, 4.69) is 20.6 Å². The second-order valence-electron chi connectivity index (χ2n) is 6.45. The van der Waals surface area contributed by atoms with Crippen LogP contribution in [0.25, 0.3) is 0 Å². The summed E-state index contributed by atoms with van der Waals surface area (Å²) in [5.41, 5.74) is 1.99. The topological polar surface area (TPSA) is 59.1 Å². The zero-order valence-electron chi connectivity index (χ0n) is 15.7. The Morgan fingerprint density at radius 3 is 2.44 bits per heavy atom. The van der Waals surface area contributed by atoms with Gasteiger partial charge < -0.3 is 15.4 Å². The highest BCUT2D eigenvalue weighted by Gasteiger charge is 2.08. The minimum atomic E-state index is 0.0942. The second-order valence-corrected chi connectivity index (χ2v) is 6.89. The van der Waals surface area contributed by atoms with Crippen LogP contribution in [0.4, 0.5) is 17.3 Å². The van der Waals surface area contributed by atoms with Gasteiger partial charge in [-0.1, -0.05) is 35.9 Å². The Kier molecular flexibility index (Phi) is 6.14. The van der Waals surface area contributed by atoms with Crippen molar-refractivity contribution in [2.75, 3.05) is 10.6 Å². The molecular formula is C21H23ClN4O. The van der Waals surface area contributed by atoms with Crippen LogP contribution in [0.15, 0.2) is 54.6 Å². The molecule has 0 aliphatic heterocycles. The van der Waals surface area contributed by atoms with Gasteiger partial charge in [-0.25, -0.2) is 9.97 Å². The van der Waals surface area contributed by atoms with Gasteiger partial charge in [-0.05, 0) is 50.6 Å². The van der Waals surface area contributed by atoms with Gasteiger partial charge in [-0.2, -0.15) is 0 Å². The number of halogens is 1. The van der Waals surface area contributed by atoms with Gasteiger partial charge in [0.25, 0.3) is 0 Å². The van der Waals surface area contributed by atoms with Gasteiger partial charge in [0.2, 0.25) is 0 Å². The zero-order chi connectivity index (χ0) is 19.2.